The van der Waals surface area contributed by atoms with Crippen LogP contribution in [0.2, 0.25) is 0 Å². The van der Waals surface area contributed by atoms with Gasteiger partial charge in [-0.25, -0.2) is 4.98 Å². The molecule has 1 heterocycles. The van der Waals surface area contributed by atoms with Crippen molar-refractivity contribution in [2.24, 2.45) is 0 Å². The number of nitrogen functional groups attached to an aromatic ring is 1. The molecule has 5 heteroatoms. The lowest BCUT2D eigenvalue weighted by Crippen LogP contribution is -2.13. The summed E-state index contributed by atoms with van der Waals surface area (Å²) in [6, 6.07) is 12.9. The quantitative estimate of drug-likeness (QED) is 0.642. The van der Waals surface area contributed by atoms with E-state index in [1.807, 2.05) is 25.1 Å². The summed E-state index contributed by atoms with van der Waals surface area (Å²) in [7, 11) is 0. The topological polar surface area (TPSA) is 84.0 Å². The highest BCUT2D eigenvalue weighted by molar-refractivity contribution is 5.52. The van der Waals surface area contributed by atoms with Gasteiger partial charge in [0.05, 0.1) is 12.1 Å². The van der Waals surface area contributed by atoms with Crippen molar-refractivity contribution in [2.75, 3.05) is 24.2 Å². The molecule has 0 saturated heterocycles. The molecule has 20 heavy (non-hydrogen) atoms. The number of rotatable bonds is 5. The number of hydrogen-bond acceptors (Lipinski definition) is 5. The summed E-state index contributed by atoms with van der Waals surface area (Å²) in [5, 5.41) is 12.1. The minimum atomic E-state index is 0.462. The fraction of sp³-hybridized carbons (Fsp3) is 0.200. The van der Waals surface area contributed by atoms with Crippen LogP contribution in [-0.2, 0) is 0 Å². The smallest absolute Gasteiger partial charge is 0.144 e. The molecule has 0 aliphatic carbocycles. The average molecular weight is 268 g/mol. The fourth-order valence-corrected chi connectivity index (χ4v) is 1.72. The lowest BCUT2D eigenvalue weighted by molar-refractivity contribution is 0.333. The Balaban J connectivity index is 1.87. The second kappa shape index (κ2) is 6.43. The minimum Gasteiger partial charge on any atom is -0.492 e. The molecule has 0 amide bonds. The number of nitrogens with zero attached hydrogens (tertiary/aromatic N) is 2. The molecule has 1 aromatic carbocycles. The molecule has 0 fully saturated rings. The van der Waals surface area contributed by atoms with Crippen LogP contribution in [0.1, 0.15) is 11.3 Å². The predicted molar refractivity (Wildman–Crippen MR) is 78.5 cm³/mol. The number of pyridine rings is 1. The highest BCUT2D eigenvalue weighted by atomic mass is 16.5. The second-order valence-corrected chi connectivity index (χ2v) is 4.31. The van der Waals surface area contributed by atoms with Crippen molar-refractivity contribution in [2.45, 2.75) is 6.92 Å². The van der Waals surface area contributed by atoms with Crippen molar-refractivity contribution in [3.63, 3.8) is 0 Å². The van der Waals surface area contributed by atoms with Gasteiger partial charge >= 0.3 is 0 Å². The molecule has 0 unspecified atom stereocenters. The lowest BCUT2D eigenvalue weighted by Gasteiger charge is -2.10. The van der Waals surface area contributed by atoms with E-state index in [1.54, 1.807) is 18.2 Å². The maximum atomic E-state index is 9.00. The molecule has 0 aliphatic heterocycles. The standard InChI is InChI=1S/C15H16N4O/c1-11-5-6-12(10-16)15(19-11)18-7-8-20-14-4-2-3-13(17)9-14/h2-6,9H,7-8,17H2,1H3,(H,18,19). The Labute approximate surface area is 118 Å². The summed E-state index contributed by atoms with van der Waals surface area (Å²) < 4.78 is 5.56. The summed E-state index contributed by atoms with van der Waals surface area (Å²) >= 11 is 0. The Hall–Kier alpha value is -2.74. The maximum Gasteiger partial charge on any atom is 0.144 e. The molecule has 0 spiro atoms. The minimum absolute atomic E-state index is 0.462. The van der Waals surface area contributed by atoms with Crippen LogP contribution in [0.4, 0.5) is 11.5 Å². The van der Waals surface area contributed by atoms with Crippen LogP contribution in [0.15, 0.2) is 36.4 Å². The van der Waals surface area contributed by atoms with E-state index in [1.165, 1.54) is 0 Å². The molecule has 0 radical (unpaired) electrons. The largest absolute Gasteiger partial charge is 0.492 e. The molecule has 0 atom stereocenters. The molecule has 2 aromatic rings. The Morgan fingerprint density at radius 2 is 2.20 bits per heavy atom. The zero-order valence-corrected chi connectivity index (χ0v) is 11.3. The Morgan fingerprint density at radius 3 is 2.95 bits per heavy atom. The van der Waals surface area contributed by atoms with Gasteiger partial charge in [0, 0.05) is 17.4 Å². The number of nitrogens with one attached hydrogen (secondary N) is 1. The molecule has 0 aliphatic rings. The van der Waals surface area contributed by atoms with Gasteiger partial charge in [0.25, 0.3) is 0 Å². The molecule has 1 aromatic heterocycles. The van der Waals surface area contributed by atoms with E-state index in [9.17, 15) is 0 Å². The first-order valence-electron chi connectivity index (χ1n) is 6.29. The molecular formula is C15H16N4O. The number of hydrogen-bond donors (Lipinski definition) is 2. The summed E-state index contributed by atoms with van der Waals surface area (Å²) in [4.78, 5) is 4.29. The summed E-state index contributed by atoms with van der Waals surface area (Å²) in [5.41, 5.74) is 7.73. The normalized spacial score (nSPS) is 9.80. The second-order valence-electron chi connectivity index (χ2n) is 4.31. The highest BCUT2D eigenvalue weighted by Crippen LogP contribution is 2.15. The molecular weight excluding hydrogens is 252 g/mol. The monoisotopic (exact) mass is 268 g/mol. The zero-order chi connectivity index (χ0) is 14.4. The van der Waals surface area contributed by atoms with Crippen molar-refractivity contribution in [1.82, 2.24) is 4.98 Å². The lowest BCUT2D eigenvalue weighted by atomic mass is 10.2. The van der Waals surface area contributed by atoms with Crippen molar-refractivity contribution < 1.29 is 4.74 Å². The molecule has 3 N–H and O–H groups in total. The number of anilines is 2. The van der Waals surface area contributed by atoms with Gasteiger partial charge < -0.3 is 15.8 Å². The van der Waals surface area contributed by atoms with E-state index in [2.05, 4.69) is 16.4 Å². The molecule has 0 saturated carbocycles. The number of nitrogens with two attached hydrogens (primary N) is 1. The Bertz CT molecular complexity index is 634. The molecule has 0 bridgehead atoms. The van der Waals surface area contributed by atoms with Crippen molar-refractivity contribution in [1.29, 1.82) is 5.26 Å². The van der Waals surface area contributed by atoms with Gasteiger partial charge in [0.2, 0.25) is 0 Å². The van der Waals surface area contributed by atoms with Crippen molar-refractivity contribution >= 4 is 11.5 Å². The van der Waals surface area contributed by atoms with Crippen LogP contribution in [0.5, 0.6) is 5.75 Å². The van der Waals surface area contributed by atoms with Crippen molar-refractivity contribution in [3.8, 4) is 11.8 Å². The van der Waals surface area contributed by atoms with Crippen LogP contribution in [-0.4, -0.2) is 18.1 Å². The first kappa shape index (κ1) is 13.7. The van der Waals surface area contributed by atoms with E-state index in [-0.39, 0.29) is 0 Å². The molecule has 5 nitrogen and oxygen atoms in total. The van der Waals surface area contributed by atoms with E-state index in [0.717, 1.165) is 11.4 Å². The van der Waals surface area contributed by atoms with Gasteiger partial charge in [-0.05, 0) is 31.2 Å². The van der Waals surface area contributed by atoms with E-state index in [4.69, 9.17) is 15.7 Å². The number of aryl methyl sites for hydroxylation is 1. The Kier molecular flexibility index (Phi) is 4.40. The average Bonchev–Trinajstić information content (AvgIpc) is 2.44. The van der Waals surface area contributed by atoms with E-state index < -0.39 is 0 Å². The number of ether oxygens (including phenoxy) is 1. The van der Waals surface area contributed by atoms with Crippen LogP contribution in [0, 0.1) is 18.3 Å². The van der Waals surface area contributed by atoms with Crippen LogP contribution in [0.25, 0.3) is 0 Å². The first-order chi connectivity index (χ1) is 9.69. The maximum absolute atomic E-state index is 9.00. The van der Waals surface area contributed by atoms with Gasteiger partial charge in [0.15, 0.2) is 0 Å². The Morgan fingerprint density at radius 1 is 1.35 bits per heavy atom. The van der Waals surface area contributed by atoms with E-state index >= 15 is 0 Å². The number of aromatic nitrogens is 1. The van der Waals surface area contributed by atoms with Gasteiger partial charge in [-0.1, -0.05) is 6.07 Å². The van der Waals surface area contributed by atoms with Gasteiger partial charge in [-0.3, -0.25) is 0 Å². The van der Waals surface area contributed by atoms with Gasteiger partial charge in [-0.2, -0.15) is 5.26 Å². The SMILES string of the molecule is Cc1ccc(C#N)c(NCCOc2cccc(N)c2)n1. The first-order valence-corrected chi connectivity index (χ1v) is 6.29. The van der Waals surface area contributed by atoms with Crippen LogP contribution >= 0.6 is 0 Å². The summed E-state index contributed by atoms with van der Waals surface area (Å²) in [5.74, 6) is 1.31. The molecule has 2 rings (SSSR count). The third-order valence-corrected chi connectivity index (χ3v) is 2.68. The van der Waals surface area contributed by atoms with Crippen LogP contribution < -0.4 is 15.8 Å². The van der Waals surface area contributed by atoms with Gasteiger partial charge in [-0.15, -0.1) is 0 Å². The molecule has 102 valence electrons. The number of nitriles is 1. The number of benzene rings is 1. The van der Waals surface area contributed by atoms with Crippen LogP contribution in [0.3, 0.4) is 0 Å². The predicted octanol–water partition coefficient (Wildman–Crippen LogP) is 2.33. The van der Waals surface area contributed by atoms with E-state index in [0.29, 0.717) is 30.2 Å². The zero-order valence-electron chi connectivity index (χ0n) is 11.3. The fourth-order valence-electron chi connectivity index (χ4n) is 1.72. The summed E-state index contributed by atoms with van der Waals surface area (Å²) in [6.45, 7) is 2.90. The third-order valence-electron chi connectivity index (χ3n) is 2.68. The van der Waals surface area contributed by atoms with Crippen molar-refractivity contribution in [3.05, 3.63) is 47.7 Å². The third kappa shape index (κ3) is 3.62. The summed E-state index contributed by atoms with van der Waals surface area (Å²) in [6.07, 6.45) is 0. The highest BCUT2D eigenvalue weighted by Gasteiger charge is 2.03. The van der Waals surface area contributed by atoms with Gasteiger partial charge in [0.1, 0.15) is 24.2 Å².